The van der Waals surface area contributed by atoms with Gasteiger partial charge < -0.3 is 15.2 Å². The summed E-state index contributed by atoms with van der Waals surface area (Å²) in [6, 6.07) is 6.94. The number of carbonyl (C=O) groups excluding carboxylic acids is 1. The largest absolute Gasteiger partial charge is 0.489 e. The van der Waals surface area contributed by atoms with Crippen molar-refractivity contribution in [2.75, 3.05) is 6.61 Å². The second kappa shape index (κ2) is 7.10. The van der Waals surface area contributed by atoms with Crippen LogP contribution < -0.4 is 10.1 Å². The molecule has 0 aliphatic heterocycles. The first-order valence-corrected chi connectivity index (χ1v) is 7.04. The molecule has 108 valence electrons. The van der Waals surface area contributed by atoms with Crippen molar-refractivity contribution in [3.8, 4) is 5.75 Å². The molecule has 2 unspecified atom stereocenters. The molecule has 1 saturated carbocycles. The van der Waals surface area contributed by atoms with Crippen LogP contribution in [-0.4, -0.2) is 29.8 Å². The maximum Gasteiger partial charge on any atom is 0.255 e. The average Bonchev–Trinajstić information content (AvgIpc) is 2.47. The Kier molecular flexibility index (Phi) is 5.18. The molecule has 0 aromatic heterocycles. The van der Waals surface area contributed by atoms with Gasteiger partial charge in [-0.15, -0.1) is 0 Å². The molecule has 2 N–H and O–H groups in total. The van der Waals surface area contributed by atoms with Crippen LogP contribution in [0.1, 0.15) is 36.0 Å². The second-order valence-electron chi connectivity index (χ2n) is 5.03. The second-order valence-corrected chi connectivity index (χ2v) is 5.03. The number of benzene rings is 1. The summed E-state index contributed by atoms with van der Waals surface area (Å²) in [7, 11) is 0. The number of rotatable bonds is 5. The van der Waals surface area contributed by atoms with Gasteiger partial charge in [-0.3, -0.25) is 4.79 Å². The van der Waals surface area contributed by atoms with Gasteiger partial charge in [-0.25, -0.2) is 0 Å². The summed E-state index contributed by atoms with van der Waals surface area (Å²) < 4.78 is 5.48. The van der Waals surface area contributed by atoms with E-state index in [9.17, 15) is 9.90 Å². The third kappa shape index (κ3) is 3.61. The average molecular weight is 275 g/mol. The monoisotopic (exact) mass is 275 g/mol. The van der Waals surface area contributed by atoms with Crippen LogP contribution in [0.3, 0.4) is 0 Å². The molecule has 1 amide bonds. The number of hydrogen-bond acceptors (Lipinski definition) is 3. The van der Waals surface area contributed by atoms with Gasteiger partial charge in [0.15, 0.2) is 0 Å². The quantitative estimate of drug-likeness (QED) is 0.811. The minimum absolute atomic E-state index is 0.163. The number of carbonyl (C=O) groups is 1. The fraction of sp³-hybridized carbons (Fsp3) is 0.438. The molecule has 0 bridgehead atoms. The van der Waals surface area contributed by atoms with E-state index in [-0.39, 0.29) is 11.9 Å². The van der Waals surface area contributed by atoms with Crippen molar-refractivity contribution in [1.29, 1.82) is 0 Å². The zero-order valence-electron chi connectivity index (χ0n) is 11.5. The van der Waals surface area contributed by atoms with Gasteiger partial charge in [-0.2, -0.15) is 0 Å². The number of ether oxygens (including phenoxy) is 1. The van der Waals surface area contributed by atoms with Crippen molar-refractivity contribution in [3.05, 3.63) is 42.5 Å². The molecule has 0 spiro atoms. The van der Waals surface area contributed by atoms with Gasteiger partial charge in [-0.05, 0) is 25.0 Å². The predicted octanol–water partition coefficient (Wildman–Crippen LogP) is 2.28. The Balaban J connectivity index is 2.06. The van der Waals surface area contributed by atoms with Gasteiger partial charge in [0.2, 0.25) is 0 Å². The zero-order chi connectivity index (χ0) is 14.4. The van der Waals surface area contributed by atoms with Gasteiger partial charge in [-0.1, -0.05) is 37.6 Å². The van der Waals surface area contributed by atoms with Crippen molar-refractivity contribution in [1.82, 2.24) is 5.32 Å². The van der Waals surface area contributed by atoms with Crippen LogP contribution in [0.5, 0.6) is 5.75 Å². The zero-order valence-corrected chi connectivity index (χ0v) is 11.5. The minimum atomic E-state index is -0.450. The first kappa shape index (κ1) is 14.6. The van der Waals surface area contributed by atoms with Gasteiger partial charge in [0, 0.05) is 0 Å². The molecule has 20 heavy (non-hydrogen) atoms. The van der Waals surface area contributed by atoms with Crippen LogP contribution in [0.2, 0.25) is 0 Å². The molecular weight excluding hydrogens is 254 g/mol. The van der Waals surface area contributed by atoms with Crippen LogP contribution in [-0.2, 0) is 0 Å². The summed E-state index contributed by atoms with van der Waals surface area (Å²) >= 11 is 0. The SMILES string of the molecule is C=CCOc1ccccc1C(=O)NC1CCCCC1O. The van der Waals surface area contributed by atoms with Crippen molar-refractivity contribution < 1.29 is 14.6 Å². The number of amides is 1. The number of aliphatic hydroxyl groups is 1. The lowest BCUT2D eigenvalue weighted by molar-refractivity contribution is 0.0715. The van der Waals surface area contributed by atoms with E-state index in [0.29, 0.717) is 17.9 Å². The first-order chi connectivity index (χ1) is 9.72. The van der Waals surface area contributed by atoms with E-state index >= 15 is 0 Å². The maximum atomic E-state index is 12.3. The Morgan fingerprint density at radius 2 is 2.15 bits per heavy atom. The lowest BCUT2D eigenvalue weighted by atomic mass is 9.92. The van der Waals surface area contributed by atoms with E-state index in [0.717, 1.165) is 25.7 Å². The summed E-state index contributed by atoms with van der Waals surface area (Å²) in [5.41, 5.74) is 0.493. The Bertz CT molecular complexity index is 473. The highest BCUT2D eigenvalue weighted by Gasteiger charge is 2.25. The standard InChI is InChI=1S/C16H21NO3/c1-2-11-20-15-10-6-3-7-12(15)16(19)17-13-8-4-5-9-14(13)18/h2-3,6-7,10,13-14,18H,1,4-5,8-9,11H2,(H,17,19). The van der Waals surface area contributed by atoms with E-state index in [1.54, 1.807) is 24.3 Å². The van der Waals surface area contributed by atoms with E-state index < -0.39 is 6.10 Å². The van der Waals surface area contributed by atoms with Crippen LogP contribution in [0, 0.1) is 0 Å². The number of aliphatic hydroxyl groups excluding tert-OH is 1. The third-order valence-electron chi connectivity index (χ3n) is 3.53. The number of hydrogen-bond donors (Lipinski definition) is 2. The highest BCUT2D eigenvalue weighted by molar-refractivity contribution is 5.97. The molecule has 1 aliphatic rings. The topological polar surface area (TPSA) is 58.6 Å². The molecule has 4 heteroatoms. The van der Waals surface area contributed by atoms with E-state index in [2.05, 4.69) is 11.9 Å². The molecule has 0 radical (unpaired) electrons. The lowest BCUT2D eigenvalue weighted by Crippen LogP contribution is -2.45. The van der Waals surface area contributed by atoms with Gasteiger partial charge in [0.1, 0.15) is 12.4 Å². The van der Waals surface area contributed by atoms with Crippen molar-refractivity contribution in [3.63, 3.8) is 0 Å². The van der Waals surface area contributed by atoms with E-state index in [1.165, 1.54) is 0 Å². The third-order valence-corrected chi connectivity index (χ3v) is 3.53. The van der Waals surface area contributed by atoms with Gasteiger partial charge in [0.05, 0.1) is 17.7 Å². The van der Waals surface area contributed by atoms with Crippen LogP contribution in [0.25, 0.3) is 0 Å². The first-order valence-electron chi connectivity index (χ1n) is 7.04. The highest BCUT2D eigenvalue weighted by atomic mass is 16.5. The summed E-state index contributed by atoms with van der Waals surface area (Å²) in [5, 5.41) is 12.8. The summed E-state index contributed by atoms with van der Waals surface area (Å²) in [5.74, 6) is 0.339. The van der Waals surface area contributed by atoms with Crippen molar-refractivity contribution in [2.24, 2.45) is 0 Å². The summed E-state index contributed by atoms with van der Waals surface area (Å²) in [6.07, 6.45) is 4.82. The fourth-order valence-electron chi connectivity index (χ4n) is 2.45. The Morgan fingerprint density at radius 3 is 2.90 bits per heavy atom. The van der Waals surface area contributed by atoms with Crippen LogP contribution in [0.15, 0.2) is 36.9 Å². The van der Waals surface area contributed by atoms with Crippen molar-refractivity contribution >= 4 is 5.91 Å². The van der Waals surface area contributed by atoms with E-state index in [1.807, 2.05) is 6.07 Å². The maximum absolute atomic E-state index is 12.3. The van der Waals surface area contributed by atoms with Crippen molar-refractivity contribution in [2.45, 2.75) is 37.8 Å². The summed E-state index contributed by atoms with van der Waals surface area (Å²) in [4.78, 5) is 12.3. The molecule has 1 aliphatic carbocycles. The minimum Gasteiger partial charge on any atom is -0.489 e. The fourth-order valence-corrected chi connectivity index (χ4v) is 2.45. The molecule has 0 saturated heterocycles. The molecule has 2 atom stereocenters. The Morgan fingerprint density at radius 1 is 1.40 bits per heavy atom. The normalized spacial score (nSPS) is 22.1. The molecular formula is C16H21NO3. The molecule has 1 aromatic rings. The molecule has 1 fully saturated rings. The molecule has 0 heterocycles. The van der Waals surface area contributed by atoms with Gasteiger partial charge in [0.25, 0.3) is 5.91 Å². The van der Waals surface area contributed by atoms with Crippen LogP contribution in [0.4, 0.5) is 0 Å². The smallest absolute Gasteiger partial charge is 0.255 e. The lowest BCUT2D eigenvalue weighted by Gasteiger charge is -2.28. The molecule has 1 aromatic carbocycles. The van der Waals surface area contributed by atoms with Gasteiger partial charge >= 0.3 is 0 Å². The number of nitrogens with one attached hydrogen (secondary N) is 1. The Labute approximate surface area is 119 Å². The highest BCUT2D eigenvalue weighted by Crippen LogP contribution is 2.21. The predicted molar refractivity (Wildman–Crippen MR) is 77.9 cm³/mol. The molecule has 4 nitrogen and oxygen atoms in total. The molecule has 2 rings (SSSR count). The number of para-hydroxylation sites is 1. The Hall–Kier alpha value is -1.81. The van der Waals surface area contributed by atoms with Crippen LogP contribution >= 0.6 is 0 Å². The summed E-state index contributed by atoms with van der Waals surface area (Å²) in [6.45, 7) is 3.95. The van der Waals surface area contributed by atoms with E-state index in [4.69, 9.17) is 4.74 Å².